The van der Waals surface area contributed by atoms with Crippen LogP contribution in [0.15, 0.2) is 97.5 Å². The Balaban J connectivity index is 1.16. The molecule has 0 aliphatic heterocycles. The molecule has 0 atom stereocenters. The van der Waals surface area contributed by atoms with Crippen molar-refractivity contribution >= 4 is 45.9 Å². The Labute approximate surface area is 284 Å². The molecule has 49 heavy (non-hydrogen) atoms. The van der Waals surface area contributed by atoms with E-state index in [9.17, 15) is 9.59 Å². The lowest BCUT2D eigenvalue weighted by molar-refractivity contribution is 0.0957. The smallest absolute Gasteiger partial charge is 0.324 e. The Hall–Kier alpha value is -6.30. The van der Waals surface area contributed by atoms with Crippen LogP contribution in [0, 0.1) is 6.92 Å². The van der Waals surface area contributed by atoms with Gasteiger partial charge < -0.3 is 20.7 Å². The number of urea groups is 1. The van der Waals surface area contributed by atoms with Crippen molar-refractivity contribution in [2.75, 3.05) is 23.0 Å². The first-order chi connectivity index (χ1) is 23.6. The predicted molar refractivity (Wildman–Crippen MR) is 191 cm³/mol. The number of rotatable bonds is 9. The van der Waals surface area contributed by atoms with Crippen molar-refractivity contribution in [3.8, 4) is 11.4 Å². The minimum Gasteiger partial charge on any atom is -0.488 e. The molecule has 0 aliphatic carbocycles. The molecule has 0 saturated heterocycles. The van der Waals surface area contributed by atoms with Gasteiger partial charge in [-0.2, -0.15) is 5.10 Å². The van der Waals surface area contributed by atoms with E-state index in [1.807, 2.05) is 85.8 Å². The Morgan fingerprint density at radius 3 is 2.39 bits per heavy atom. The van der Waals surface area contributed by atoms with E-state index in [1.54, 1.807) is 10.9 Å². The normalized spacial score (nSPS) is 11.2. The Morgan fingerprint density at radius 2 is 1.65 bits per heavy atom. The van der Waals surface area contributed by atoms with Crippen molar-refractivity contribution in [2.45, 2.75) is 39.7 Å². The standard InChI is InChI=1S/C37H37N9O3/c1-23-9-8-10-25(17-23)46-34(19-31(45-46)37(2,3)4)44-36(48)42-28-13-14-30(27-12-7-6-11-26(27)28)49-22-24-15-16-39-32(18-24)43-33-21-40-29(20-41-33)35(47)38-5/h6-21H,22H2,1-5H3,(H,38,47)(H,39,41,43)(H2,42,44,48). The average molecular weight is 656 g/mol. The van der Waals surface area contributed by atoms with Crippen LogP contribution in [0.1, 0.15) is 48.1 Å². The number of carbonyl (C=O) groups is 2. The Morgan fingerprint density at radius 1 is 0.837 bits per heavy atom. The van der Waals surface area contributed by atoms with E-state index in [-0.39, 0.29) is 23.6 Å². The molecule has 0 aliphatic rings. The fraction of sp³-hybridized carbons (Fsp3) is 0.189. The zero-order valence-electron chi connectivity index (χ0n) is 27.9. The molecule has 12 heteroatoms. The number of aromatic nitrogens is 5. The third-order valence-electron chi connectivity index (χ3n) is 7.68. The van der Waals surface area contributed by atoms with Gasteiger partial charge in [0.1, 0.15) is 35.5 Å². The molecule has 0 fully saturated rings. The molecule has 3 amide bonds. The molecule has 3 aromatic carbocycles. The molecule has 3 heterocycles. The predicted octanol–water partition coefficient (Wildman–Crippen LogP) is 7.14. The van der Waals surface area contributed by atoms with E-state index < -0.39 is 6.03 Å². The fourth-order valence-electron chi connectivity index (χ4n) is 5.13. The first-order valence-corrected chi connectivity index (χ1v) is 15.7. The van der Waals surface area contributed by atoms with Gasteiger partial charge in [0, 0.05) is 35.5 Å². The lowest BCUT2D eigenvalue weighted by atomic mass is 9.92. The number of benzene rings is 3. The van der Waals surface area contributed by atoms with Gasteiger partial charge >= 0.3 is 6.03 Å². The molecule has 0 spiro atoms. The zero-order valence-corrected chi connectivity index (χ0v) is 27.9. The highest BCUT2D eigenvalue weighted by molar-refractivity contribution is 6.07. The van der Waals surface area contributed by atoms with Crippen LogP contribution >= 0.6 is 0 Å². The summed E-state index contributed by atoms with van der Waals surface area (Å²) in [7, 11) is 1.54. The van der Waals surface area contributed by atoms with Gasteiger partial charge in [-0.15, -0.1) is 0 Å². The van der Waals surface area contributed by atoms with E-state index in [1.165, 1.54) is 19.4 Å². The molecule has 248 valence electrons. The highest BCUT2D eigenvalue weighted by Gasteiger charge is 2.22. The highest BCUT2D eigenvalue weighted by Crippen LogP contribution is 2.33. The van der Waals surface area contributed by atoms with Gasteiger partial charge in [0.2, 0.25) is 0 Å². The number of anilines is 4. The Kier molecular flexibility index (Phi) is 9.20. The van der Waals surface area contributed by atoms with Crippen LogP contribution in [-0.4, -0.2) is 43.7 Å². The van der Waals surface area contributed by atoms with E-state index in [0.29, 0.717) is 28.9 Å². The lowest BCUT2D eigenvalue weighted by Gasteiger charge is -2.15. The average Bonchev–Trinajstić information content (AvgIpc) is 3.52. The van der Waals surface area contributed by atoms with Crippen LogP contribution in [-0.2, 0) is 12.0 Å². The molecule has 6 aromatic rings. The number of nitrogens with zero attached hydrogens (tertiary/aromatic N) is 5. The summed E-state index contributed by atoms with van der Waals surface area (Å²) < 4.78 is 8.02. The van der Waals surface area contributed by atoms with E-state index in [4.69, 9.17) is 9.84 Å². The van der Waals surface area contributed by atoms with Crippen molar-refractivity contribution in [3.05, 3.63) is 120 Å². The number of fused-ring (bicyclic) bond motifs is 1. The minimum absolute atomic E-state index is 0.210. The number of ether oxygens (including phenoxy) is 1. The molecule has 0 unspecified atom stereocenters. The monoisotopic (exact) mass is 655 g/mol. The second-order valence-corrected chi connectivity index (χ2v) is 12.5. The van der Waals surface area contributed by atoms with Crippen molar-refractivity contribution in [1.82, 2.24) is 30.0 Å². The molecule has 0 saturated carbocycles. The number of carbonyl (C=O) groups excluding carboxylic acids is 2. The van der Waals surface area contributed by atoms with Crippen LogP contribution in [0.25, 0.3) is 16.5 Å². The number of aryl methyl sites for hydroxylation is 1. The number of pyridine rings is 1. The molecule has 0 bridgehead atoms. The molecular formula is C37H37N9O3. The molecular weight excluding hydrogens is 618 g/mol. The summed E-state index contributed by atoms with van der Waals surface area (Å²) in [5.41, 5.74) is 4.33. The van der Waals surface area contributed by atoms with Gasteiger partial charge in [-0.1, -0.05) is 57.2 Å². The minimum atomic E-state index is -0.391. The van der Waals surface area contributed by atoms with Gasteiger partial charge in [-0.25, -0.2) is 24.4 Å². The summed E-state index contributed by atoms with van der Waals surface area (Å²) in [5.74, 6) is 1.92. The van der Waals surface area contributed by atoms with Crippen molar-refractivity contribution in [1.29, 1.82) is 0 Å². The van der Waals surface area contributed by atoms with Gasteiger partial charge in [-0.05, 0) is 54.4 Å². The number of nitrogens with one attached hydrogen (secondary N) is 4. The first kappa shape index (κ1) is 32.6. The first-order valence-electron chi connectivity index (χ1n) is 15.7. The third-order valence-corrected chi connectivity index (χ3v) is 7.68. The maximum absolute atomic E-state index is 13.4. The summed E-state index contributed by atoms with van der Waals surface area (Å²) in [5, 5.41) is 18.1. The van der Waals surface area contributed by atoms with Crippen molar-refractivity contribution in [2.24, 2.45) is 0 Å². The molecule has 3 aromatic heterocycles. The van der Waals surface area contributed by atoms with Crippen LogP contribution in [0.3, 0.4) is 0 Å². The topological polar surface area (TPSA) is 148 Å². The second kappa shape index (κ2) is 13.8. The molecule has 4 N–H and O–H groups in total. The van der Waals surface area contributed by atoms with Crippen LogP contribution in [0.5, 0.6) is 5.75 Å². The third kappa shape index (κ3) is 7.65. The Bertz CT molecular complexity index is 2140. The SMILES string of the molecule is CNC(=O)c1cnc(Nc2cc(COc3ccc(NC(=O)Nc4cc(C(C)(C)C)nn4-c4cccc(C)c4)c4ccccc34)ccn2)cn1. The zero-order chi connectivity index (χ0) is 34.5. The second-order valence-electron chi connectivity index (χ2n) is 12.5. The quantitative estimate of drug-likeness (QED) is 0.128. The highest BCUT2D eigenvalue weighted by atomic mass is 16.5. The van der Waals surface area contributed by atoms with Crippen molar-refractivity contribution < 1.29 is 14.3 Å². The van der Waals surface area contributed by atoms with Crippen LogP contribution in [0.4, 0.5) is 27.9 Å². The summed E-state index contributed by atoms with van der Waals surface area (Å²) in [6, 6.07) is 24.6. The van der Waals surface area contributed by atoms with E-state index in [2.05, 4.69) is 57.0 Å². The van der Waals surface area contributed by atoms with Crippen molar-refractivity contribution in [3.63, 3.8) is 0 Å². The van der Waals surface area contributed by atoms with Crippen LogP contribution in [0.2, 0.25) is 0 Å². The molecule has 0 radical (unpaired) electrons. The number of hydrogen-bond donors (Lipinski definition) is 4. The molecule has 6 rings (SSSR count). The summed E-state index contributed by atoms with van der Waals surface area (Å²) in [6.45, 7) is 8.56. The fourth-order valence-corrected chi connectivity index (χ4v) is 5.13. The number of hydrogen-bond acceptors (Lipinski definition) is 8. The van der Waals surface area contributed by atoms with Gasteiger partial charge in [0.25, 0.3) is 5.91 Å². The van der Waals surface area contributed by atoms with Gasteiger partial charge in [-0.3, -0.25) is 10.1 Å². The van der Waals surface area contributed by atoms with Gasteiger partial charge in [0.15, 0.2) is 0 Å². The van der Waals surface area contributed by atoms with Crippen LogP contribution < -0.4 is 26.0 Å². The molecule has 12 nitrogen and oxygen atoms in total. The largest absolute Gasteiger partial charge is 0.488 e. The van der Waals surface area contributed by atoms with Gasteiger partial charge in [0.05, 0.1) is 29.5 Å². The van der Waals surface area contributed by atoms with E-state index in [0.717, 1.165) is 33.3 Å². The maximum Gasteiger partial charge on any atom is 0.324 e. The summed E-state index contributed by atoms with van der Waals surface area (Å²) in [4.78, 5) is 37.9. The summed E-state index contributed by atoms with van der Waals surface area (Å²) >= 11 is 0. The number of amides is 3. The lowest BCUT2D eigenvalue weighted by Crippen LogP contribution is -2.21. The summed E-state index contributed by atoms with van der Waals surface area (Å²) in [6.07, 6.45) is 4.54. The maximum atomic E-state index is 13.4. The van der Waals surface area contributed by atoms with E-state index >= 15 is 0 Å².